The molecule has 0 aliphatic carbocycles. The summed E-state index contributed by atoms with van der Waals surface area (Å²) in [5, 5.41) is 0. The van der Waals surface area contributed by atoms with Crippen molar-refractivity contribution >= 4 is 0 Å². The van der Waals surface area contributed by atoms with Gasteiger partial charge in [0.2, 0.25) is 0 Å². The second-order valence-corrected chi connectivity index (χ2v) is 4.39. The van der Waals surface area contributed by atoms with Crippen LogP contribution in [0.25, 0.3) is 0 Å². The average molecular weight is 240 g/mol. The Hall–Kier alpha value is -0.970. The highest BCUT2D eigenvalue weighted by Crippen LogP contribution is 2.12. The molecule has 3 nitrogen and oxygen atoms in total. The van der Waals surface area contributed by atoms with Gasteiger partial charge in [0.15, 0.2) is 0 Å². The Labute approximate surface area is 102 Å². The lowest BCUT2D eigenvalue weighted by molar-refractivity contribution is 0.112. The summed E-state index contributed by atoms with van der Waals surface area (Å²) in [6.07, 6.45) is 0. The first-order valence-corrected chi connectivity index (χ1v) is 5.74. The maximum absolute atomic E-state index is 13.3. The minimum absolute atomic E-state index is 0.226. The first-order valence-electron chi connectivity index (χ1n) is 5.74. The summed E-state index contributed by atoms with van der Waals surface area (Å²) in [5.74, 6) is -0.226. The van der Waals surface area contributed by atoms with E-state index < -0.39 is 0 Å². The molecule has 0 aliphatic rings. The fourth-order valence-electron chi connectivity index (χ4n) is 1.74. The Morgan fingerprint density at radius 1 is 1.35 bits per heavy atom. The number of nitrogens with two attached hydrogens (primary N) is 1. The molecule has 1 rings (SSSR count). The van der Waals surface area contributed by atoms with Gasteiger partial charge in [-0.15, -0.1) is 0 Å². The Morgan fingerprint density at radius 2 is 2.00 bits per heavy atom. The quantitative estimate of drug-likeness (QED) is 0.823. The van der Waals surface area contributed by atoms with Crippen LogP contribution in [0.2, 0.25) is 0 Å². The van der Waals surface area contributed by atoms with E-state index >= 15 is 0 Å². The topological polar surface area (TPSA) is 38.5 Å². The predicted octanol–water partition coefficient (Wildman–Crippen LogP) is 1.75. The Balaban J connectivity index is 2.70. The number of likely N-dealkylation sites (N-methyl/N-ethyl adjacent to an activating group) is 1. The molecule has 0 spiro atoms. The number of rotatable bonds is 6. The summed E-state index contributed by atoms with van der Waals surface area (Å²) in [4.78, 5) is 2.12. The highest BCUT2D eigenvalue weighted by atomic mass is 19.1. The van der Waals surface area contributed by atoms with E-state index in [1.54, 1.807) is 13.2 Å². The lowest BCUT2D eigenvalue weighted by atomic mass is 10.1. The first-order chi connectivity index (χ1) is 8.06. The predicted molar refractivity (Wildman–Crippen MR) is 67.1 cm³/mol. The maximum atomic E-state index is 13.3. The van der Waals surface area contributed by atoms with Gasteiger partial charge in [0.25, 0.3) is 0 Å². The van der Waals surface area contributed by atoms with E-state index in [0.29, 0.717) is 25.7 Å². The van der Waals surface area contributed by atoms with Crippen LogP contribution in [-0.2, 0) is 17.8 Å². The third-order valence-electron chi connectivity index (χ3n) is 2.85. The van der Waals surface area contributed by atoms with Crippen LogP contribution >= 0.6 is 0 Å². The third-order valence-corrected chi connectivity index (χ3v) is 2.85. The highest BCUT2D eigenvalue weighted by molar-refractivity contribution is 5.24. The lowest BCUT2D eigenvalue weighted by Crippen LogP contribution is -2.32. The number of hydrogen-bond acceptors (Lipinski definition) is 3. The van der Waals surface area contributed by atoms with Crippen molar-refractivity contribution in [1.82, 2.24) is 4.90 Å². The fraction of sp³-hybridized carbons (Fsp3) is 0.538. The van der Waals surface area contributed by atoms with Gasteiger partial charge < -0.3 is 10.5 Å². The fourth-order valence-corrected chi connectivity index (χ4v) is 1.74. The molecule has 0 radical (unpaired) electrons. The maximum Gasteiger partial charge on any atom is 0.123 e. The van der Waals surface area contributed by atoms with Crippen molar-refractivity contribution in [3.8, 4) is 0 Å². The number of ether oxygens (including phenoxy) is 1. The van der Waals surface area contributed by atoms with Crippen LogP contribution in [0.4, 0.5) is 4.39 Å². The van der Waals surface area contributed by atoms with Crippen LogP contribution in [0.3, 0.4) is 0 Å². The van der Waals surface area contributed by atoms with Gasteiger partial charge in [-0.1, -0.05) is 6.07 Å². The zero-order valence-corrected chi connectivity index (χ0v) is 10.7. The summed E-state index contributed by atoms with van der Waals surface area (Å²) >= 11 is 0. The van der Waals surface area contributed by atoms with E-state index in [4.69, 9.17) is 10.5 Å². The van der Waals surface area contributed by atoms with Gasteiger partial charge in [0, 0.05) is 26.2 Å². The summed E-state index contributed by atoms with van der Waals surface area (Å²) in [6.45, 7) is 3.79. The largest absolute Gasteiger partial charge is 0.383 e. The Morgan fingerprint density at radius 3 is 2.59 bits per heavy atom. The van der Waals surface area contributed by atoms with Crippen molar-refractivity contribution in [3.63, 3.8) is 0 Å². The molecule has 4 heteroatoms. The molecular formula is C13H21FN2O. The second-order valence-electron chi connectivity index (χ2n) is 4.39. The third kappa shape index (κ3) is 4.42. The lowest BCUT2D eigenvalue weighted by Gasteiger charge is -2.24. The minimum atomic E-state index is -0.226. The van der Waals surface area contributed by atoms with Crippen molar-refractivity contribution in [1.29, 1.82) is 0 Å². The van der Waals surface area contributed by atoms with E-state index in [-0.39, 0.29) is 5.82 Å². The summed E-state index contributed by atoms with van der Waals surface area (Å²) < 4.78 is 18.4. The number of nitrogens with zero attached hydrogens (tertiary/aromatic N) is 1. The number of halogens is 1. The highest BCUT2D eigenvalue weighted by Gasteiger charge is 2.10. The van der Waals surface area contributed by atoms with Crippen molar-refractivity contribution in [2.75, 3.05) is 20.8 Å². The van der Waals surface area contributed by atoms with Crippen LogP contribution in [0.15, 0.2) is 18.2 Å². The van der Waals surface area contributed by atoms with Gasteiger partial charge in [-0.2, -0.15) is 0 Å². The second kappa shape index (κ2) is 6.69. The van der Waals surface area contributed by atoms with Crippen LogP contribution in [-0.4, -0.2) is 31.7 Å². The van der Waals surface area contributed by atoms with Crippen molar-refractivity contribution in [2.24, 2.45) is 5.73 Å². The summed E-state index contributed by atoms with van der Waals surface area (Å²) in [7, 11) is 3.68. The molecule has 0 saturated carbocycles. The van der Waals surface area contributed by atoms with E-state index in [2.05, 4.69) is 11.8 Å². The van der Waals surface area contributed by atoms with Gasteiger partial charge in [-0.3, -0.25) is 4.90 Å². The smallest absolute Gasteiger partial charge is 0.123 e. The molecule has 0 saturated heterocycles. The molecule has 0 aromatic heterocycles. The zero-order valence-electron chi connectivity index (χ0n) is 10.7. The van der Waals surface area contributed by atoms with Gasteiger partial charge in [0.05, 0.1) is 6.61 Å². The molecule has 0 bridgehead atoms. The molecule has 0 aliphatic heterocycles. The van der Waals surface area contributed by atoms with Crippen LogP contribution in [0.5, 0.6) is 0 Å². The molecule has 0 heterocycles. The molecule has 17 heavy (non-hydrogen) atoms. The Kier molecular flexibility index (Phi) is 5.55. The molecule has 1 atom stereocenters. The van der Waals surface area contributed by atoms with E-state index in [1.165, 1.54) is 6.07 Å². The van der Waals surface area contributed by atoms with Gasteiger partial charge in [-0.25, -0.2) is 4.39 Å². The molecular weight excluding hydrogens is 219 g/mol. The Bertz CT molecular complexity index is 357. The molecule has 2 N–H and O–H groups in total. The number of benzene rings is 1. The summed E-state index contributed by atoms with van der Waals surface area (Å²) in [6, 6.07) is 5.26. The van der Waals surface area contributed by atoms with Crippen LogP contribution in [0, 0.1) is 5.82 Å². The molecule has 96 valence electrons. The van der Waals surface area contributed by atoms with Crippen LogP contribution in [0.1, 0.15) is 18.1 Å². The van der Waals surface area contributed by atoms with E-state index in [9.17, 15) is 4.39 Å². The van der Waals surface area contributed by atoms with Crippen molar-refractivity contribution in [3.05, 3.63) is 35.1 Å². The minimum Gasteiger partial charge on any atom is -0.383 e. The van der Waals surface area contributed by atoms with Gasteiger partial charge in [-0.05, 0) is 37.2 Å². The van der Waals surface area contributed by atoms with E-state index in [1.807, 2.05) is 13.1 Å². The molecule has 0 fully saturated rings. The molecule has 1 aromatic rings. The monoisotopic (exact) mass is 240 g/mol. The van der Waals surface area contributed by atoms with Crippen molar-refractivity contribution in [2.45, 2.75) is 26.1 Å². The van der Waals surface area contributed by atoms with Gasteiger partial charge in [0.1, 0.15) is 5.82 Å². The number of hydrogen-bond donors (Lipinski definition) is 1. The standard InChI is InChI=1S/C13H21FN2O/c1-10(9-17-3)16(2)8-12-4-11(7-15)5-13(14)6-12/h4-6,10H,7-9,15H2,1-3H3. The van der Waals surface area contributed by atoms with Crippen LogP contribution < -0.4 is 5.73 Å². The zero-order chi connectivity index (χ0) is 12.8. The average Bonchev–Trinajstić information content (AvgIpc) is 2.28. The molecule has 0 amide bonds. The first kappa shape index (κ1) is 14.1. The van der Waals surface area contributed by atoms with Gasteiger partial charge >= 0.3 is 0 Å². The molecule has 1 unspecified atom stereocenters. The van der Waals surface area contributed by atoms with E-state index in [0.717, 1.165) is 11.1 Å². The normalized spacial score (nSPS) is 13.1. The summed E-state index contributed by atoms with van der Waals surface area (Å²) in [5.41, 5.74) is 7.29. The molecule has 1 aromatic carbocycles. The number of methoxy groups -OCH3 is 1. The van der Waals surface area contributed by atoms with Crippen molar-refractivity contribution < 1.29 is 9.13 Å². The SMILES string of the molecule is COCC(C)N(C)Cc1cc(F)cc(CN)c1.